The molecule has 0 aliphatic heterocycles. The fourth-order valence-electron chi connectivity index (χ4n) is 0. The van der Waals surface area contributed by atoms with Gasteiger partial charge in [0.15, 0.2) is 0 Å². The normalized spacial score (nSPS) is 10.0. The zero-order chi connectivity index (χ0) is 4.50. The van der Waals surface area contributed by atoms with Crippen LogP contribution in [0.15, 0.2) is 0 Å². The molecule has 0 amide bonds. The third-order valence-electron chi connectivity index (χ3n) is 0. The molecule has 0 saturated heterocycles. The summed E-state index contributed by atoms with van der Waals surface area (Å²) < 4.78 is 34.5. The molecule has 0 aromatic heterocycles. The van der Waals surface area contributed by atoms with Crippen molar-refractivity contribution in [3.05, 3.63) is 0 Å². The van der Waals surface area contributed by atoms with Gasteiger partial charge in [-0.2, -0.15) is 0 Å². The van der Waals surface area contributed by atoms with Gasteiger partial charge in [-0.1, -0.05) is 0 Å². The standard InChI is InChI=1S/4O.Th.Ti/q4*-1;+4;. The summed E-state index contributed by atoms with van der Waals surface area (Å²) in [6.45, 7) is 0. The molecule has 0 bridgehead atoms. The van der Waals surface area contributed by atoms with Crippen LogP contribution in [0.5, 0.6) is 0 Å². The molecule has 0 atom stereocenters. The van der Waals surface area contributed by atoms with Crippen LogP contribution < -0.4 is 14.8 Å². The maximum atomic E-state index is 8.62. The Morgan fingerprint density at radius 1 is 0.833 bits per heavy atom. The van der Waals surface area contributed by atoms with Gasteiger partial charge in [-0.25, -0.2) is 0 Å². The van der Waals surface area contributed by atoms with Crippen LogP contribution in [0.3, 0.4) is 0 Å². The topological polar surface area (TPSA) is 92.2 Å². The fraction of sp³-hybridized carbons (Fsp3) is 0. The van der Waals surface area contributed by atoms with Gasteiger partial charge < -0.3 is 0 Å². The molecule has 6 heavy (non-hydrogen) atoms. The molecule has 0 N–H and O–H groups in total. The van der Waals surface area contributed by atoms with Gasteiger partial charge >= 0.3 is 72.8 Å². The first-order chi connectivity index (χ1) is 2.00. The predicted molar refractivity (Wildman–Crippen MR) is 0 cm³/mol. The van der Waals surface area contributed by atoms with Crippen molar-refractivity contribution in [2.45, 2.75) is 0 Å². The van der Waals surface area contributed by atoms with E-state index in [9.17, 15) is 0 Å². The van der Waals surface area contributed by atoms with Gasteiger partial charge in [-0.15, -0.1) is 0 Å². The van der Waals surface area contributed by atoms with Crippen molar-refractivity contribution < 1.29 is 72.8 Å². The van der Waals surface area contributed by atoms with Crippen LogP contribution in [0.2, 0.25) is 0 Å². The summed E-state index contributed by atoms with van der Waals surface area (Å²) in [5.41, 5.74) is 0. The Morgan fingerprint density at radius 3 is 0.833 bits per heavy atom. The summed E-state index contributed by atoms with van der Waals surface area (Å²) >= 11 is -6.00. The summed E-state index contributed by atoms with van der Waals surface area (Å²) in [7, 11) is 0. The molecule has 0 rings (SSSR count). The average Bonchev–Trinajstić information content (AvgIpc) is 0.722. The summed E-state index contributed by atoms with van der Waals surface area (Å²) in [4.78, 5) is 0. The maximum Gasteiger partial charge on any atom is 4.00 e. The van der Waals surface area contributed by atoms with E-state index in [0.29, 0.717) is 0 Å². The Kier molecular flexibility index (Phi) is 6.89. The zero-order valence-corrected chi connectivity index (χ0v) is 8.30. The van der Waals surface area contributed by atoms with E-state index in [1.807, 2.05) is 0 Å². The molecule has 0 radical (unpaired) electrons. The number of hydrogen-bond donors (Lipinski definition) is 0. The molecule has 0 aliphatic carbocycles. The fourth-order valence-corrected chi connectivity index (χ4v) is 0. The second-order valence-corrected chi connectivity index (χ2v) is 2.06. The second kappa shape index (κ2) is 3.83. The van der Waals surface area contributed by atoms with Crippen LogP contribution in [0, 0.1) is 39.9 Å². The van der Waals surface area contributed by atoms with E-state index < -0.39 is 18.1 Å². The van der Waals surface area contributed by atoms with Gasteiger partial charge in [-0.3, -0.25) is 0 Å². The van der Waals surface area contributed by atoms with Crippen molar-refractivity contribution in [2.75, 3.05) is 0 Å². The summed E-state index contributed by atoms with van der Waals surface area (Å²) in [5, 5.41) is 0. The van der Waals surface area contributed by atoms with Gasteiger partial charge in [0.1, 0.15) is 0 Å². The summed E-state index contributed by atoms with van der Waals surface area (Å²) in [5.74, 6) is 0. The number of hydrogen-bond acceptors (Lipinski definition) is 4. The van der Waals surface area contributed by atoms with Gasteiger partial charge in [0.05, 0.1) is 0 Å². The monoisotopic (exact) mass is 344 g/mol. The number of rotatable bonds is 0. The molecular weight excluding hydrogens is 344 g/mol. The van der Waals surface area contributed by atoms with Crippen molar-refractivity contribution >= 4 is 0 Å². The third-order valence-corrected chi connectivity index (χ3v) is 0. The third kappa shape index (κ3) is 39.6. The van der Waals surface area contributed by atoms with E-state index in [0.717, 1.165) is 0 Å². The van der Waals surface area contributed by atoms with E-state index in [2.05, 4.69) is 0 Å². The first-order valence-electron chi connectivity index (χ1n) is 0.816. The minimum Gasteiger partial charge on any atom is 4.00 e. The van der Waals surface area contributed by atoms with Crippen LogP contribution in [0.25, 0.3) is 0 Å². The van der Waals surface area contributed by atoms with Crippen molar-refractivity contribution in [3.8, 4) is 0 Å². The molecule has 0 fully saturated rings. The molecule has 0 aliphatic rings. The van der Waals surface area contributed by atoms with Gasteiger partial charge in [0.25, 0.3) is 0 Å². The minimum atomic E-state index is -6.00. The van der Waals surface area contributed by atoms with Crippen LogP contribution in [0.1, 0.15) is 0 Å². The van der Waals surface area contributed by atoms with Gasteiger partial charge in [0, 0.05) is 0 Å². The van der Waals surface area contributed by atoms with Crippen molar-refractivity contribution in [1.29, 1.82) is 0 Å². The van der Waals surface area contributed by atoms with E-state index in [-0.39, 0.29) is 39.9 Å². The van der Waals surface area contributed by atoms with E-state index in [4.69, 9.17) is 14.8 Å². The quantitative estimate of drug-likeness (QED) is 0.413. The zero-order valence-electron chi connectivity index (χ0n) is 2.63. The Balaban J connectivity index is 0. The molecule has 0 aromatic carbocycles. The van der Waals surface area contributed by atoms with Crippen molar-refractivity contribution in [3.63, 3.8) is 0 Å². The van der Waals surface area contributed by atoms with E-state index in [1.165, 1.54) is 0 Å². The molecule has 4 nitrogen and oxygen atoms in total. The molecule has 6 heteroatoms. The molecule has 0 saturated carbocycles. The van der Waals surface area contributed by atoms with Crippen molar-refractivity contribution in [2.24, 2.45) is 0 Å². The molecule has 0 spiro atoms. The van der Waals surface area contributed by atoms with E-state index in [1.54, 1.807) is 0 Å². The predicted octanol–water partition coefficient (Wildman–Crippen LogP) is -4.76. The average molecular weight is 344 g/mol. The van der Waals surface area contributed by atoms with Crippen LogP contribution in [-0.2, 0) is 18.1 Å². The Labute approximate surface area is 71.8 Å². The first kappa shape index (κ1) is 10.8. The van der Waals surface area contributed by atoms with Crippen LogP contribution in [-0.4, -0.2) is 0 Å². The van der Waals surface area contributed by atoms with E-state index >= 15 is 0 Å². The summed E-state index contributed by atoms with van der Waals surface area (Å²) in [6.07, 6.45) is 0. The van der Waals surface area contributed by atoms with Crippen LogP contribution >= 0.6 is 0 Å². The first-order valence-corrected chi connectivity index (χ1v) is 3.37. The Morgan fingerprint density at radius 2 is 0.833 bits per heavy atom. The van der Waals surface area contributed by atoms with Gasteiger partial charge in [0.2, 0.25) is 0 Å². The molecule has 0 unspecified atom stereocenters. The Bertz CT molecular complexity index is 23.0. The SMILES string of the molecule is [O-][Ti]([O-])([O-])[O-].[Th+4]. The largest absolute Gasteiger partial charge is 4.00 e. The molecule has 32 valence electrons. The van der Waals surface area contributed by atoms with Crippen LogP contribution in [0.4, 0.5) is 0 Å². The maximum absolute atomic E-state index is 8.62. The van der Waals surface area contributed by atoms with Crippen molar-refractivity contribution in [1.82, 2.24) is 0 Å². The smallest absolute Gasteiger partial charge is 4.00 e. The molecule has 0 aromatic rings. The minimum absolute atomic E-state index is 0. The second-order valence-electron chi connectivity index (χ2n) is 0.500. The Hall–Kier alpha value is 1.88. The molecular formula is O4ThTi. The molecule has 0 heterocycles. The van der Waals surface area contributed by atoms with Gasteiger partial charge in [-0.05, 0) is 0 Å². The summed E-state index contributed by atoms with van der Waals surface area (Å²) in [6, 6.07) is 0.